The molecule has 1 aliphatic heterocycles. The molecule has 0 unspecified atom stereocenters. The summed E-state index contributed by atoms with van der Waals surface area (Å²) in [5, 5.41) is 9.01. The Morgan fingerprint density at radius 2 is 1.88 bits per heavy atom. The Kier molecular flexibility index (Phi) is 4.33. The Labute approximate surface area is 98.2 Å². The number of hydrogen-bond acceptors (Lipinski definition) is 3. The van der Waals surface area contributed by atoms with Crippen LogP contribution in [0, 0.1) is 0 Å². The second kappa shape index (κ2) is 5.15. The van der Waals surface area contributed by atoms with Gasteiger partial charge in [-0.1, -0.05) is 0 Å². The summed E-state index contributed by atoms with van der Waals surface area (Å²) in [4.78, 5) is 15.5. The van der Waals surface area contributed by atoms with E-state index >= 15 is 0 Å². The molecule has 1 fully saturated rings. The Morgan fingerprint density at radius 3 is 2.19 bits per heavy atom. The van der Waals surface area contributed by atoms with E-state index in [-0.39, 0.29) is 12.0 Å². The Bertz CT molecular complexity index is 243. The number of aliphatic carboxylic acids is 1. The second-order valence-corrected chi connectivity index (χ2v) is 5.32. The summed E-state index contributed by atoms with van der Waals surface area (Å²) in [5.41, 5.74) is -0.142. The summed E-state index contributed by atoms with van der Waals surface area (Å²) in [5.74, 6) is -0.688. The van der Waals surface area contributed by atoms with Crippen molar-refractivity contribution in [1.82, 2.24) is 9.80 Å². The van der Waals surface area contributed by atoms with Crippen LogP contribution in [0.2, 0.25) is 0 Å². The molecule has 0 atom stereocenters. The Hall–Kier alpha value is -0.610. The van der Waals surface area contributed by atoms with E-state index in [2.05, 4.69) is 23.6 Å². The van der Waals surface area contributed by atoms with Crippen molar-refractivity contribution in [3.8, 4) is 0 Å². The quantitative estimate of drug-likeness (QED) is 0.787. The van der Waals surface area contributed by atoms with E-state index in [1.54, 1.807) is 0 Å². The molecule has 16 heavy (non-hydrogen) atoms. The minimum absolute atomic E-state index is 0.142. The third-order valence-corrected chi connectivity index (χ3v) is 3.89. The predicted octanol–water partition coefficient (Wildman–Crippen LogP) is 1.27. The lowest BCUT2D eigenvalue weighted by atomic mass is 9.83. The van der Waals surface area contributed by atoms with Crippen molar-refractivity contribution in [2.75, 3.05) is 27.2 Å². The highest BCUT2D eigenvalue weighted by atomic mass is 16.4. The second-order valence-electron chi connectivity index (χ2n) is 5.32. The number of carbonyl (C=O) groups is 1. The van der Waals surface area contributed by atoms with E-state index in [1.807, 2.05) is 14.1 Å². The normalized spacial score (nSPS) is 21.6. The Balaban J connectivity index is 2.66. The van der Waals surface area contributed by atoms with Crippen LogP contribution in [0.4, 0.5) is 0 Å². The average molecular weight is 228 g/mol. The molecule has 0 spiro atoms. The topological polar surface area (TPSA) is 43.8 Å². The first-order valence-corrected chi connectivity index (χ1v) is 6.01. The van der Waals surface area contributed by atoms with Crippen molar-refractivity contribution in [3.05, 3.63) is 0 Å². The van der Waals surface area contributed by atoms with Gasteiger partial charge in [0.15, 0.2) is 0 Å². The van der Waals surface area contributed by atoms with Crippen LogP contribution in [0.1, 0.15) is 33.1 Å². The molecular weight excluding hydrogens is 204 g/mol. The molecule has 0 amide bonds. The number of nitrogens with zero attached hydrogens (tertiary/aromatic N) is 2. The Morgan fingerprint density at radius 1 is 1.38 bits per heavy atom. The smallest absolute Gasteiger partial charge is 0.305 e. The molecule has 0 aromatic rings. The maximum absolute atomic E-state index is 11.0. The number of piperidine rings is 1. The van der Waals surface area contributed by atoms with Gasteiger partial charge in [0.2, 0.25) is 0 Å². The zero-order valence-corrected chi connectivity index (χ0v) is 10.9. The monoisotopic (exact) mass is 228 g/mol. The SMILES string of the molecule is CC(C)N1CCC(CC(=O)O)(N(C)C)CC1. The van der Waals surface area contributed by atoms with Gasteiger partial charge in [-0.3, -0.25) is 4.79 Å². The van der Waals surface area contributed by atoms with E-state index < -0.39 is 5.97 Å². The molecule has 0 bridgehead atoms. The predicted molar refractivity (Wildman–Crippen MR) is 64.6 cm³/mol. The van der Waals surface area contributed by atoms with E-state index in [0.29, 0.717) is 6.04 Å². The first kappa shape index (κ1) is 13.5. The molecule has 0 saturated carbocycles. The van der Waals surface area contributed by atoms with E-state index in [9.17, 15) is 4.79 Å². The molecule has 1 N–H and O–H groups in total. The number of carboxylic acids is 1. The maximum atomic E-state index is 11.0. The van der Waals surface area contributed by atoms with Gasteiger partial charge in [0.1, 0.15) is 0 Å². The van der Waals surface area contributed by atoms with Crippen LogP contribution in [0.5, 0.6) is 0 Å². The molecular formula is C12H24N2O2. The van der Waals surface area contributed by atoms with Crippen molar-refractivity contribution in [2.45, 2.75) is 44.7 Å². The molecule has 1 saturated heterocycles. The molecule has 4 nitrogen and oxygen atoms in total. The lowest BCUT2D eigenvalue weighted by molar-refractivity contribution is -0.141. The lowest BCUT2D eigenvalue weighted by Crippen LogP contribution is -2.54. The van der Waals surface area contributed by atoms with Crippen LogP contribution in [0.15, 0.2) is 0 Å². The zero-order valence-electron chi connectivity index (χ0n) is 10.9. The number of carboxylic acid groups (broad SMARTS) is 1. The highest BCUT2D eigenvalue weighted by Crippen LogP contribution is 2.31. The fraction of sp³-hybridized carbons (Fsp3) is 0.917. The van der Waals surface area contributed by atoms with Gasteiger partial charge in [0, 0.05) is 24.7 Å². The summed E-state index contributed by atoms with van der Waals surface area (Å²) < 4.78 is 0. The summed E-state index contributed by atoms with van der Waals surface area (Å²) in [6.07, 6.45) is 2.15. The van der Waals surface area contributed by atoms with Crippen LogP contribution in [-0.2, 0) is 4.79 Å². The van der Waals surface area contributed by atoms with Crippen molar-refractivity contribution in [1.29, 1.82) is 0 Å². The standard InChI is InChI=1S/C12H24N2O2/c1-10(2)14-7-5-12(6-8-14,13(3)4)9-11(15)16/h10H,5-9H2,1-4H3,(H,15,16). The summed E-state index contributed by atoms with van der Waals surface area (Å²) in [7, 11) is 3.99. The van der Waals surface area contributed by atoms with Crippen molar-refractivity contribution < 1.29 is 9.90 Å². The zero-order chi connectivity index (χ0) is 12.3. The molecule has 94 valence electrons. The van der Waals surface area contributed by atoms with Gasteiger partial charge in [-0.05, 0) is 40.8 Å². The number of likely N-dealkylation sites (tertiary alicyclic amines) is 1. The highest BCUT2D eigenvalue weighted by molar-refractivity contribution is 5.68. The van der Waals surface area contributed by atoms with Gasteiger partial charge in [0.25, 0.3) is 0 Å². The number of hydrogen-bond donors (Lipinski definition) is 1. The van der Waals surface area contributed by atoms with Crippen LogP contribution < -0.4 is 0 Å². The molecule has 4 heteroatoms. The molecule has 0 radical (unpaired) electrons. The maximum Gasteiger partial charge on any atom is 0.305 e. The van der Waals surface area contributed by atoms with Crippen LogP contribution in [0.25, 0.3) is 0 Å². The molecule has 0 aromatic carbocycles. The summed E-state index contributed by atoms with van der Waals surface area (Å²) in [6.45, 7) is 6.39. The summed E-state index contributed by atoms with van der Waals surface area (Å²) in [6, 6.07) is 0.560. The van der Waals surface area contributed by atoms with Gasteiger partial charge >= 0.3 is 5.97 Å². The van der Waals surface area contributed by atoms with Gasteiger partial charge in [-0.15, -0.1) is 0 Å². The van der Waals surface area contributed by atoms with E-state index in [4.69, 9.17) is 5.11 Å². The van der Waals surface area contributed by atoms with Crippen molar-refractivity contribution in [2.24, 2.45) is 0 Å². The van der Waals surface area contributed by atoms with Crippen molar-refractivity contribution >= 4 is 5.97 Å². The van der Waals surface area contributed by atoms with Crippen LogP contribution in [0.3, 0.4) is 0 Å². The van der Waals surface area contributed by atoms with Gasteiger partial charge < -0.3 is 14.9 Å². The first-order chi connectivity index (χ1) is 7.37. The van der Waals surface area contributed by atoms with E-state index in [0.717, 1.165) is 25.9 Å². The summed E-state index contributed by atoms with van der Waals surface area (Å²) >= 11 is 0. The third kappa shape index (κ3) is 2.95. The number of rotatable bonds is 4. The minimum Gasteiger partial charge on any atom is -0.481 e. The third-order valence-electron chi connectivity index (χ3n) is 3.89. The molecule has 1 heterocycles. The van der Waals surface area contributed by atoms with Crippen LogP contribution >= 0.6 is 0 Å². The van der Waals surface area contributed by atoms with Crippen LogP contribution in [-0.4, -0.2) is 59.6 Å². The van der Waals surface area contributed by atoms with Gasteiger partial charge in [-0.2, -0.15) is 0 Å². The molecule has 1 aliphatic rings. The highest BCUT2D eigenvalue weighted by Gasteiger charge is 2.38. The fourth-order valence-corrected chi connectivity index (χ4v) is 2.52. The van der Waals surface area contributed by atoms with Gasteiger partial charge in [-0.25, -0.2) is 0 Å². The molecule has 0 aromatic heterocycles. The minimum atomic E-state index is -0.688. The first-order valence-electron chi connectivity index (χ1n) is 6.01. The average Bonchev–Trinajstić information content (AvgIpc) is 2.17. The van der Waals surface area contributed by atoms with Gasteiger partial charge in [0.05, 0.1) is 6.42 Å². The molecule has 1 rings (SSSR count). The lowest BCUT2D eigenvalue weighted by Gasteiger charge is -2.46. The molecule has 0 aliphatic carbocycles. The fourth-order valence-electron chi connectivity index (χ4n) is 2.52. The largest absolute Gasteiger partial charge is 0.481 e. The van der Waals surface area contributed by atoms with Crippen molar-refractivity contribution in [3.63, 3.8) is 0 Å². The van der Waals surface area contributed by atoms with E-state index in [1.165, 1.54) is 0 Å².